The lowest BCUT2D eigenvalue weighted by Crippen LogP contribution is -2.16. The number of benzene rings is 12. The third-order valence-corrected chi connectivity index (χ3v) is 24.0. The van der Waals surface area contributed by atoms with Crippen molar-refractivity contribution in [3.63, 3.8) is 0 Å². The summed E-state index contributed by atoms with van der Waals surface area (Å²) in [5.74, 6) is 1.37. The smallest absolute Gasteiger partial charge is 0.160 e. The number of hydrogen-bond acceptors (Lipinski definition) is 7. The van der Waals surface area contributed by atoms with Gasteiger partial charge in [0.1, 0.15) is 11.2 Å². The molecule has 96 heavy (non-hydrogen) atoms. The van der Waals surface area contributed by atoms with E-state index in [4.69, 9.17) is 24.4 Å². The summed E-state index contributed by atoms with van der Waals surface area (Å²) in [6.07, 6.45) is 0. The average molecular weight is 1270 g/mol. The Kier molecular flexibility index (Phi) is 11.6. The number of thiophene rings is 2. The van der Waals surface area contributed by atoms with Crippen molar-refractivity contribution in [2.75, 3.05) is 0 Å². The van der Waals surface area contributed by atoms with Gasteiger partial charge in [0.2, 0.25) is 0 Å². The van der Waals surface area contributed by atoms with Crippen LogP contribution >= 0.6 is 22.7 Å². The van der Waals surface area contributed by atoms with Crippen LogP contribution in [0.4, 0.5) is 0 Å². The highest BCUT2D eigenvalue weighted by molar-refractivity contribution is 7.27. The van der Waals surface area contributed by atoms with Gasteiger partial charge in [-0.05, 0) is 120 Å². The molecule has 17 aromatic rings. The van der Waals surface area contributed by atoms with Crippen LogP contribution in [0.3, 0.4) is 0 Å². The highest BCUT2D eigenvalue weighted by atomic mass is 32.1. The van der Waals surface area contributed by atoms with Gasteiger partial charge in [0.05, 0.1) is 22.8 Å². The van der Waals surface area contributed by atoms with Gasteiger partial charge in [0, 0.05) is 101 Å². The van der Waals surface area contributed by atoms with Gasteiger partial charge in [-0.2, -0.15) is 0 Å². The molecule has 5 heterocycles. The Morgan fingerprint density at radius 2 is 0.729 bits per heavy atom. The Labute approximate surface area is 563 Å². The van der Waals surface area contributed by atoms with Gasteiger partial charge < -0.3 is 4.42 Å². The Bertz CT molecular complexity index is 6270. The molecular formula is C89H60N4OS2. The van der Waals surface area contributed by atoms with Crippen molar-refractivity contribution in [2.24, 2.45) is 0 Å². The van der Waals surface area contributed by atoms with E-state index in [0.717, 1.165) is 83.9 Å². The van der Waals surface area contributed by atoms with Gasteiger partial charge in [0.25, 0.3) is 0 Å². The molecule has 5 nitrogen and oxygen atoms in total. The van der Waals surface area contributed by atoms with Gasteiger partial charge in [0.15, 0.2) is 11.6 Å². The second-order valence-electron chi connectivity index (χ2n) is 27.9. The van der Waals surface area contributed by atoms with Crippen LogP contribution in [0.5, 0.6) is 0 Å². The lowest BCUT2D eigenvalue weighted by molar-refractivity contribution is 0.660. The van der Waals surface area contributed by atoms with Crippen molar-refractivity contribution in [1.29, 1.82) is 0 Å². The first-order valence-electron chi connectivity index (χ1n) is 33.2. The van der Waals surface area contributed by atoms with Gasteiger partial charge in [-0.15, -0.1) is 22.7 Å². The molecule has 0 amide bonds. The fourth-order valence-corrected chi connectivity index (χ4v) is 19.6. The summed E-state index contributed by atoms with van der Waals surface area (Å²) in [5, 5.41) is 7.01. The normalized spacial score (nSPS) is 14.4. The lowest BCUT2D eigenvalue weighted by atomic mass is 9.80. The zero-order valence-electron chi connectivity index (χ0n) is 53.8. The third-order valence-electron chi connectivity index (χ3n) is 21.6. The minimum Gasteiger partial charge on any atom is -0.456 e. The van der Waals surface area contributed by atoms with Gasteiger partial charge in [-0.1, -0.05) is 254 Å². The summed E-state index contributed by atoms with van der Waals surface area (Å²) < 4.78 is 11.3. The first kappa shape index (κ1) is 55.5. The molecule has 0 unspecified atom stereocenters. The Morgan fingerprint density at radius 1 is 0.281 bits per heavy atom. The summed E-state index contributed by atoms with van der Waals surface area (Å²) in [6, 6.07) is 93.4. The first-order chi connectivity index (χ1) is 46.9. The molecule has 7 heteroatoms. The summed E-state index contributed by atoms with van der Waals surface area (Å²) in [5.41, 5.74) is 28.6. The maximum absolute atomic E-state index is 6.53. The second-order valence-corrected chi connectivity index (χ2v) is 30.0. The molecule has 12 aromatic carbocycles. The molecule has 0 radical (unpaired) electrons. The molecule has 0 spiro atoms. The van der Waals surface area contributed by atoms with Crippen LogP contribution in [0, 0.1) is 0 Å². The number of fused-ring (bicyclic) bond motifs is 18. The van der Waals surface area contributed by atoms with Crippen molar-refractivity contribution in [2.45, 2.75) is 57.8 Å². The number of furan rings is 1. The minimum absolute atomic E-state index is 0.178. The Morgan fingerprint density at radius 3 is 1.44 bits per heavy atom. The van der Waals surface area contributed by atoms with Crippen LogP contribution in [0.25, 0.3) is 175 Å². The van der Waals surface area contributed by atoms with Crippen LogP contribution in [0.15, 0.2) is 259 Å². The summed E-state index contributed by atoms with van der Waals surface area (Å²) in [4.78, 5) is 22.7. The molecule has 0 aliphatic heterocycles. The van der Waals surface area contributed by atoms with E-state index < -0.39 is 0 Å². The van der Waals surface area contributed by atoms with Gasteiger partial charge in [-0.3, -0.25) is 0 Å². The number of rotatable bonds is 7. The second kappa shape index (κ2) is 20.0. The molecule has 454 valence electrons. The fraction of sp³-hybridized carbons (Fsp3) is 0.101. The van der Waals surface area contributed by atoms with E-state index in [1.807, 2.05) is 34.8 Å². The SMILES string of the molecule is CC1(C)c2ccccc2-c2c(-c3cc(-c4ccc(-c5cccc6sc7c(-c8cc(-c9cccc%10c9-c9ccccc9C%10(C)C)nc(-c9cccc%10c9C(C)(C)c9ccccc9-%10)n8)cccc7c56)c5c4sc4ccccc45)nc(-c4ccc5c(c4)oc4ccccc45)n3)cccc21. The highest BCUT2D eigenvalue weighted by Gasteiger charge is 2.41. The average Bonchev–Trinajstić information content (AvgIpc) is 1.54. The quantitative estimate of drug-likeness (QED) is 0.159. The Hall–Kier alpha value is -11.0. The van der Waals surface area contributed by atoms with E-state index in [9.17, 15) is 0 Å². The van der Waals surface area contributed by atoms with Crippen molar-refractivity contribution in [3.8, 4) is 112 Å². The van der Waals surface area contributed by atoms with Crippen LogP contribution < -0.4 is 0 Å². The summed E-state index contributed by atoms with van der Waals surface area (Å²) in [6.45, 7) is 14.1. The highest BCUT2D eigenvalue weighted by Crippen LogP contribution is 2.57. The zero-order chi connectivity index (χ0) is 64.1. The van der Waals surface area contributed by atoms with Crippen molar-refractivity contribution < 1.29 is 4.42 Å². The Balaban J connectivity index is 0.789. The van der Waals surface area contributed by atoms with Crippen molar-refractivity contribution >= 4 is 85.0 Å². The third kappa shape index (κ3) is 7.78. The van der Waals surface area contributed by atoms with E-state index in [1.54, 1.807) is 0 Å². The predicted octanol–water partition coefficient (Wildman–Crippen LogP) is 24.5. The van der Waals surface area contributed by atoms with Gasteiger partial charge in [-0.25, -0.2) is 19.9 Å². The molecule has 0 N–H and O–H groups in total. The van der Waals surface area contributed by atoms with Crippen molar-refractivity contribution in [3.05, 3.63) is 288 Å². The van der Waals surface area contributed by atoms with Crippen LogP contribution in [0.2, 0.25) is 0 Å². The zero-order valence-corrected chi connectivity index (χ0v) is 55.4. The summed E-state index contributed by atoms with van der Waals surface area (Å²) >= 11 is 3.69. The van der Waals surface area contributed by atoms with E-state index in [0.29, 0.717) is 5.82 Å². The molecule has 3 aliphatic rings. The van der Waals surface area contributed by atoms with Crippen LogP contribution in [-0.4, -0.2) is 19.9 Å². The topological polar surface area (TPSA) is 64.7 Å². The molecule has 5 aromatic heterocycles. The predicted molar refractivity (Wildman–Crippen MR) is 401 cm³/mol. The number of para-hydroxylation sites is 1. The molecule has 0 saturated carbocycles. The van der Waals surface area contributed by atoms with E-state index >= 15 is 0 Å². The molecule has 0 saturated heterocycles. The van der Waals surface area contributed by atoms with E-state index in [2.05, 4.69) is 284 Å². The van der Waals surface area contributed by atoms with E-state index in [1.165, 1.54) is 118 Å². The maximum Gasteiger partial charge on any atom is 0.160 e. The standard InChI is InChI=1S/C89H60N4OS2/c1-87(2)66-35-13-8-24-56(66)78-58(29-19-37-68(78)87)70-47-73(91-85(90-70)49-42-43-52-51-23-10-15-39-74(51)94-75(52)46-49)61-45-44-54(81-62-26-11-16-40-76(62)95-84(61)81)53-27-21-41-77-80(53)63-32-18-31-60(83(63)96-77)72-48-71(59-30-20-38-69-79(59)57-25-9-14-36-67(57)88(69,3)4)92-86(93-72)64-33-17-28-55-50-22-7-12-34-65(50)89(5,6)82(55)64/h7-48H,1-6H3. The summed E-state index contributed by atoms with van der Waals surface area (Å²) in [7, 11) is 0. The fourth-order valence-electron chi connectivity index (χ4n) is 17.1. The van der Waals surface area contributed by atoms with Crippen LogP contribution in [-0.2, 0) is 16.2 Å². The molecular weight excluding hydrogens is 1210 g/mol. The van der Waals surface area contributed by atoms with Gasteiger partial charge >= 0.3 is 0 Å². The first-order valence-corrected chi connectivity index (χ1v) is 34.8. The lowest BCUT2D eigenvalue weighted by Gasteiger charge is -2.24. The molecule has 20 rings (SSSR count). The molecule has 0 atom stereocenters. The monoisotopic (exact) mass is 1260 g/mol. The van der Waals surface area contributed by atoms with Crippen LogP contribution in [0.1, 0.15) is 74.9 Å². The maximum atomic E-state index is 6.53. The van der Waals surface area contributed by atoms with Crippen molar-refractivity contribution in [1.82, 2.24) is 19.9 Å². The molecule has 0 bridgehead atoms. The number of nitrogens with zero attached hydrogens (tertiary/aromatic N) is 4. The van der Waals surface area contributed by atoms with E-state index in [-0.39, 0.29) is 16.2 Å². The largest absolute Gasteiger partial charge is 0.456 e. The number of hydrogen-bond donors (Lipinski definition) is 0. The molecule has 0 fully saturated rings. The number of aromatic nitrogens is 4. The molecule has 3 aliphatic carbocycles. The minimum atomic E-state index is -0.279.